The van der Waals surface area contributed by atoms with Crippen LogP contribution in [0.4, 0.5) is 0 Å². The molecular weight excluding hydrogens is 382 g/mol. The van der Waals surface area contributed by atoms with Crippen LogP contribution in [0.25, 0.3) is 0 Å². The van der Waals surface area contributed by atoms with Crippen LogP contribution < -0.4 is 0 Å². The quantitative estimate of drug-likeness (QED) is 0.624. The fraction of sp³-hybridized carbons (Fsp3) is 0.333. The molecule has 1 saturated heterocycles. The minimum absolute atomic E-state index is 0.00731. The van der Waals surface area contributed by atoms with Gasteiger partial charge in [-0.1, -0.05) is 36.4 Å². The number of fused-ring (bicyclic) bond motifs is 2. The van der Waals surface area contributed by atoms with Crippen LogP contribution in [-0.2, 0) is 9.53 Å². The maximum Gasteiger partial charge on any atom is 0.339 e. The number of esters is 1. The Balaban J connectivity index is 1.57. The molecular formula is C24H23NO5. The molecule has 2 aromatic carbocycles. The van der Waals surface area contributed by atoms with Crippen molar-refractivity contribution >= 4 is 23.4 Å². The summed E-state index contributed by atoms with van der Waals surface area (Å²) in [7, 11) is 0. The van der Waals surface area contributed by atoms with Crippen LogP contribution in [0.5, 0.6) is 0 Å². The van der Waals surface area contributed by atoms with Gasteiger partial charge in [0.05, 0.1) is 5.56 Å². The van der Waals surface area contributed by atoms with E-state index in [1.54, 1.807) is 35.2 Å². The first kappa shape index (κ1) is 20.0. The molecule has 2 aromatic rings. The number of likely N-dealkylation sites (tertiary alicyclic amines) is 1. The number of ketones is 2. The number of nitrogens with zero attached hydrogens (tertiary/aromatic N) is 1. The number of carbonyl (C=O) groups is 4. The lowest BCUT2D eigenvalue weighted by Crippen LogP contribution is -2.49. The van der Waals surface area contributed by atoms with Crippen LogP contribution >= 0.6 is 0 Å². The largest absolute Gasteiger partial charge is 0.452 e. The third-order valence-electron chi connectivity index (χ3n) is 5.98. The zero-order valence-corrected chi connectivity index (χ0v) is 17.0. The molecule has 0 N–H and O–H groups in total. The number of carbonyl (C=O) groups excluding carboxylic acids is 4. The topological polar surface area (TPSA) is 80.8 Å². The Bertz CT molecular complexity index is 1050. The van der Waals surface area contributed by atoms with Gasteiger partial charge in [-0.05, 0) is 39.2 Å². The molecule has 0 aromatic heterocycles. The van der Waals surface area contributed by atoms with Crippen molar-refractivity contribution in [3.8, 4) is 0 Å². The van der Waals surface area contributed by atoms with Gasteiger partial charge in [-0.25, -0.2) is 4.79 Å². The van der Waals surface area contributed by atoms with E-state index in [-0.39, 0.29) is 46.0 Å². The van der Waals surface area contributed by atoms with Crippen molar-refractivity contribution in [3.63, 3.8) is 0 Å². The second-order valence-corrected chi connectivity index (χ2v) is 7.94. The minimum atomic E-state index is -0.780. The van der Waals surface area contributed by atoms with Gasteiger partial charge in [0.2, 0.25) is 0 Å². The first-order valence-corrected chi connectivity index (χ1v) is 10.2. The van der Waals surface area contributed by atoms with Crippen molar-refractivity contribution in [1.82, 2.24) is 4.90 Å². The Morgan fingerprint density at radius 2 is 1.50 bits per heavy atom. The molecule has 1 amide bonds. The maximum atomic E-state index is 13.0. The molecule has 6 heteroatoms. The lowest BCUT2D eigenvalue weighted by Gasteiger charge is -2.38. The molecule has 2 aliphatic rings. The smallest absolute Gasteiger partial charge is 0.339 e. The highest BCUT2D eigenvalue weighted by molar-refractivity contribution is 6.30. The predicted molar refractivity (Wildman–Crippen MR) is 110 cm³/mol. The van der Waals surface area contributed by atoms with Crippen molar-refractivity contribution in [2.75, 3.05) is 6.61 Å². The number of hydrogen-bond acceptors (Lipinski definition) is 5. The lowest BCUT2D eigenvalue weighted by atomic mass is 9.82. The van der Waals surface area contributed by atoms with Crippen LogP contribution in [-0.4, -0.2) is 47.0 Å². The Hall–Kier alpha value is -3.28. The van der Waals surface area contributed by atoms with E-state index in [1.807, 2.05) is 13.8 Å². The minimum Gasteiger partial charge on any atom is -0.452 e. The molecule has 0 bridgehead atoms. The molecule has 0 spiro atoms. The van der Waals surface area contributed by atoms with E-state index in [2.05, 4.69) is 0 Å². The standard InChI is InChI=1S/C24H23NO5/c1-14-7-5-8-15(2)25(14)20(26)13-30-24(29)19-12-6-11-18-21(19)23(28)17-10-4-3-9-16(17)22(18)27/h3-4,6,9-12,14-15H,5,7-8,13H2,1-2H3/t14-,15+. The summed E-state index contributed by atoms with van der Waals surface area (Å²) in [5.74, 6) is -1.72. The predicted octanol–water partition coefficient (Wildman–Crippen LogP) is 3.41. The first-order chi connectivity index (χ1) is 14.4. The highest BCUT2D eigenvalue weighted by atomic mass is 16.5. The number of benzene rings is 2. The van der Waals surface area contributed by atoms with Gasteiger partial charge in [0.15, 0.2) is 18.2 Å². The fourth-order valence-corrected chi connectivity index (χ4v) is 4.51. The molecule has 4 rings (SSSR count). The second-order valence-electron chi connectivity index (χ2n) is 7.94. The van der Waals surface area contributed by atoms with Crippen molar-refractivity contribution in [1.29, 1.82) is 0 Å². The van der Waals surface area contributed by atoms with Crippen molar-refractivity contribution in [3.05, 3.63) is 70.3 Å². The molecule has 0 radical (unpaired) electrons. The maximum absolute atomic E-state index is 13.0. The molecule has 1 aliphatic carbocycles. The molecule has 154 valence electrons. The van der Waals surface area contributed by atoms with Gasteiger partial charge < -0.3 is 9.64 Å². The first-order valence-electron chi connectivity index (χ1n) is 10.2. The van der Waals surface area contributed by atoms with Gasteiger partial charge in [0.1, 0.15) is 0 Å². The van der Waals surface area contributed by atoms with Gasteiger partial charge >= 0.3 is 5.97 Å². The monoisotopic (exact) mass is 405 g/mol. The van der Waals surface area contributed by atoms with E-state index in [1.165, 1.54) is 12.1 Å². The Morgan fingerprint density at radius 3 is 2.17 bits per heavy atom. The summed E-state index contributed by atoms with van der Waals surface area (Å²) in [6.07, 6.45) is 2.91. The van der Waals surface area contributed by atoms with Crippen LogP contribution in [0.15, 0.2) is 42.5 Å². The van der Waals surface area contributed by atoms with Crippen LogP contribution in [0.3, 0.4) is 0 Å². The van der Waals surface area contributed by atoms with Gasteiger partial charge in [-0.3, -0.25) is 14.4 Å². The SMILES string of the molecule is C[C@@H]1CCC[C@H](C)N1C(=O)COC(=O)c1cccc2c1C(=O)c1ccccc1C2=O. The van der Waals surface area contributed by atoms with Gasteiger partial charge in [-0.15, -0.1) is 0 Å². The molecule has 1 heterocycles. The Morgan fingerprint density at radius 1 is 0.900 bits per heavy atom. The molecule has 0 unspecified atom stereocenters. The molecule has 1 aliphatic heterocycles. The second kappa shape index (κ2) is 7.86. The molecule has 2 atom stereocenters. The average molecular weight is 405 g/mol. The lowest BCUT2D eigenvalue weighted by molar-refractivity contribution is -0.140. The summed E-state index contributed by atoms with van der Waals surface area (Å²) in [5.41, 5.74) is 0.815. The van der Waals surface area contributed by atoms with Crippen LogP contribution in [0, 0.1) is 0 Å². The third kappa shape index (κ3) is 3.32. The normalized spacial score (nSPS) is 20.4. The van der Waals surface area contributed by atoms with Gasteiger partial charge in [-0.2, -0.15) is 0 Å². The van der Waals surface area contributed by atoms with Crippen LogP contribution in [0.2, 0.25) is 0 Å². The molecule has 6 nitrogen and oxygen atoms in total. The summed E-state index contributed by atoms with van der Waals surface area (Å²) in [6, 6.07) is 11.3. The average Bonchev–Trinajstić information content (AvgIpc) is 2.75. The zero-order chi connectivity index (χ0) is 21.4. The number of amides is 1. The summed E-state index contributed by atoms with van der Waals surface area (Å²) >= 11 is 0. The molecule has 1 fully saturated rings. The van der Waals surface area contributed by atoms with E-state index in [9.17, 15) is 19.2 Å². The number of ether oxygens (including phenoxy) is 1. The fourth-order valence-electron chi connectivity index (χ4n) is 4.51. The van der Waals surface area contributed by atoms with E-state index in [0.29, 0.717) is 5.56 Å². The summed E-state index contributed by atoms with van der Waals surface area (Å²) < 4.78 is 5.28. The van der Waals surface area contributed by atoms with Crippen molar-refractivity contribution in [2.24, 2.45) is 0 Å². The van der Waals surface area contributed by atoms with E-state index in [4.69, 9.17) is 4.74 Å². The number of piperidine rings is 1. The Labute approximate surface area is 174 Å². The molecule has 30 heavy (non-hydrogen) atoms. The summed E-state index contributed by atoms with van der Waals surface area (Å²) in [6.45, 7) is 3.59. The van der Waals surface area contributed by atoms with E-state index in [0.717, 1.165) is 19.3 Å². The van der Waals surface area contributed by atoms with E-state index >= 15 is 0 Å². The third-order valence-corrected chi connectivity index (χ3v) is 5.98. The Kier molecular flexibility index (Phi) is 5.24. The van der Waals surface area contributed by atoms with Crippen molar-refractivity contribution in [2.45, 2.75) is 45.2 Å². The van der Waals surface area contributed by atoms with Gasteiger partial charge in [0.25, 0.3) is 5.91 Å². The van der Waals surface area contributed by atoms with E-state index < -0.39 is 18.4 Å². The number of rotatable bonds is 3. The highest BCUT2D eigenvalue weighted by Gasteiger charge is 2.34. The summed E-state index contributed by atoms with van der Waals surface area (Å²) in [4.78, 5) is 53.0. The van der Waals surface area contributed by atoms with Crippen molar-refractivity contribution < 1.29 is 23.9 Å². The highest BCUT2D eigenvalue weighted by Crippen LogP contribution is 2.30. The summed E-state index contributed by atoms with van der Waals surface area (Å²) in [5, 5.41) is 0. The van der Waals surface area contributed by atoms with Crippen LogP contribution in [0.1, 0.15) is 75.3 Å². The zero-order valence-electron chi connectivity index (χ0n) is 17.0. The molecule has 0 saturated carbocycles. The number of hydrogen-bond donors (Lipinski definition) is 0. The van der Waals surface area contributed by atoms with Gasteiger partial charge in [0, 0.05) is 34.3 Å².